The number of benzene rings is 1. The van der Waals surface area contributed by atoms with Crippen molar-refractivity contribution >= 4 is 17.7 Å². The minimum atomic E-state index is 0.578. The summed E-state index contributed by atoms with van der Waals surface area (Å²) >= 11 is 6.26. The number of fused-ring (bicyclic) bond motifs is 1. The van der Waals surface area contributed by atoms with Gasteiger partial charge >= 0.3 is 0 Å². The summed E-state index contributed by atoms with van der Waals surface area (Å²) in [6, 6.07) is 4.28. The zero-order valence-electron chi connectivity index (χ0n) is 8.80. The van der Waals surface area contributed by atoms with Gasteiger partial charge in [-0.2, -0.15) is 0 Å². The van der Waals surface area contributed by atoms with Gasteiger partial charge in [0.05, 0.1) is 0 Å². The largest absolute Gasteiger partial charge is 0.327 e. The van der Waals surface area contributed by atoms with Gasteiger partial charge in [0.2, 0.25) is 0 Å². The van der Waals surface area contributed by atoms with E-state index in [4.69, 9.17) is 17.3 Å². The first-order chi connectivity index (χ1) is 7.31. The maximum absolute atomic E-state index is 6.26. The highest BCUT2D eigenvalue weighted by molar-refractivity contribution is 6.31. The van der Waals surface area contributed by atoms with Crippen molar-refractivity contribution < 1.29 is 0 Å². The van der Waals surface area contributed by atoms with E-state index in [2.05, 4.69) is 6.07 Å². The number of aryl methyl sites for hydroxylation is 1. The summed E-state index contributed by atoms with van der Waals surface area (Å²) in [5.74, 6) is 0. The maximum Gasteiger partial charge on any atom is 0.0446 e. The number of hydrogen-bond acceptors (Lipinski definition) is 1. The summed E-state index contributed by atoms with van der Waals surface area (Å²) in [6.45, 7) is 0.578. The molecule has 1 aliphatic carbocycles. The molecule has 0 saturated carbocycles. The molecule has 0 bridgehead atoms. The fourth-order valence-corrected chi connectivity index (χ4v) is 2.48. The third-order valence-electron chi connectivity index (χ3n) is 2.88. The molecule has 2 heteroatoms. The molecule has 80 valence electrons. The van der Waals surface area contributed by atoms with E-state index in [0.29, 0.717) is 6.54 Å². The summed E-state index contributed by atoms with van der Waals surface area (Å²) < 4.78 is 0. The third kappa shape index (κ3) is 2.42. The van der Waals surface area contributed by atoms with Gasteiger partial charge in [0.15, 0.2) is 0 Å². The van der Waals surface area contributed by atoms with Crippen LogP contribution in [-0.4, -0.2) is 6.54 Å². The average molecular weight is 222 g/mol. The average Bonchev–Trinajstić information content (AvgIpc) is 2.26. The highest BCUT2D eigenvalue weighted by atomic mass is 35.5. The van der Waals surface area contributed by atoms with Crippen LogP contribution in [0, 0.1) is 0 Å². The zero-order valence-corrected chi connectivity index (χ0v) is 9.56. The number of hydrogen-bond donors (Lipinski definition) is 1. The molecule has 1 aromatic carbocycles. The maximum atomic E-state index is 6.26. The fourth-order valence-electron chi connectivity index (χ4n) is 2.14. The van der Waals surface area contributed by atoms with Crippen molar-refractivity contribution in [1.29, 1.82) is 0 Å². The zero-order chi connectivity index (χ0) is 10.7. The summed E-state index contributed by atoms with van der Waals surface area (Å²) in [4.78, 5) is 0. The predicted octanol–water partition coefficient (Wildman–Crippen LogP) is 3.19. The smallest absolute Gasteiger partial charge is 0.0446 e. The van der Waals surface area contributed by atoms with Gasteiger partial charge in [0.25, 0.3) is 0 Å². The second-order valence-corrected chi connectivity index (χ2v) is 4.39. The number of halogens is 1. The Morgan fingerprint density at radius 3 is 2.87 bits per heavy atom. The Kier molecular flexibility index (Phi) is 3.45. The van der Waals surface area contributed by atoms with Crippen LogP contribution in [0.25, 0.3) is 6.08 Å². The van der Waals surface area contributed by atoms with Gasteiger partial charge in [-0.25, -0.2) is 0 Å². The van der Waals surface area contributed by atoms with Crippen LogP contribution in [-0.2, 0) is 12.8 Å². The molecule has 15 heavy (non-hydrogen) atoms. The molecule has 2 rings (SSSR count). The molecule has 0 spiro atoms. The second kappa shape index (κ2) is 4.82. The van der Waals surface area contributed by atoms with Crippen LogP contribution >= 0.6 is 11.6 Å². The monoisotopic (exact) mass is 221 g/mol. The van der Waals surface area contributed by atoms with Crippen LogP contribution in [0.2, 0.25) is 5.02 Å². The molecule has 0 unspecified atom stereocenters. The molecule has 1 aliphatic rings. The minimum absolute atomic E-state index is 0.578. The molecule has 0 amide bonds. The molecule has 0 radical (unpaired) electrons. The van der Waals surface area contributed by atoms with Gasteiger partial charge in [0, 0.05) is 11.6 Å². The molecule has 1 aromatic rings. The van der Waals surface area contributed by atoms with E-state index < -0.39 is 0 Å². The van der Waals surface area contributed by atoms with E-state index in [-0.39, 0.29) is 0 Å². The Bertz CT molecular complexity index is 382. The van der Waals surface area contributed by atoms with Crippen LogP contribution in [0.4, 0.5) is 0 Å². The summed E-state index contributed by atoms with van der Waals surface area (Å²) in [5, 5.41) is 0.920. The van der Waals surface area contributed by atoms with Gasteiger partial charge in [-0.15, -0.1) is 0 Å². The van der Waals surface area contributed by atoms with Gasteiger partial charge < -0.3 is 5.73 Å². The highest BCUT2D eigenvalue weighted by Crippen LogP contribution is 2.29. The highest BCUT2D eigenvalue weighted by Gasteiger charge is 2.12. The topological polar surface area (TPSA) is 26.0 Å². The standard InChI is InChI=1S/C13H16ClN/c14-13-9-10(4-3-7-15)8-11-5-1-2-6-12(11)13/h3-4,8-9H,1-2,5-7,15H2/b4-3+. The molecular formula is C13H16ClN. The molecule has 2 N–H and O–H groups in total. The summed E-state index contributed by atoms with van der Waals surface area (Å²) in [7, 11) is 0. The molecule has 1 nitrogen and oxygen atoms in total. The van der Waals surface area contributed by atoms with Gasteiger partial charge in [-0.1, -0.05) is 29.8 Å². The molecule has 0 aromatic heterocycles. The van der Waals surface area contributed by atoms with Crippen molar-refractivity contribution in [2.75, 3.05) is 6.54 Å². The van der Waals surface area contributed by atoms with Crippen molar-refractivity contribution in [3.8, 4) is 0 Å². The fraction of sp³-hybridized carbons (Fsp3) is 0.385. The van der Waals surface area contributed by atoms with Crippen LogP contribution in [0.3, 0.4) is 0 Å². The SMILES string of the molecule is NC/C=C/c1cc(Cl)c2c(c1)CCCC2. The number of rotatable bonds is 2. The van der Waals surface area contributed by atoms with Crippen molar-refractivity contribution in [2.45, 2.75) is 25.7 Å². The van der Waals surface area contributed by atoms with E-state index in [0.717, 1.165) is 11.4 Å². The second-order valence-electron chi connectivity index (χ2n) is 3.99. The minimum Gasteiger partial charge on any atom is -0.327 e. The first-order valence-electron chi connectivity index (χ1n) is 5.49. The Morgan fingerprint density at radius 2 is 2.07 bits per heavy atom. The Morgan fingerprint density at radius 1 is 1.27 bits per heavy atom. The van der Waals surface area contributed by atoms with Gasteiger partial charge in [-0.05, 0) is 48.4 Å². The van der Waals surface area contributed by atoms with E-state index in [1.165, 1.54) is 36.0 Å². The first-order valence-corrected chi connectivity index (χ1v) is 5.87. The van der Waals surface area contributed by atoms with Crippen molar-refractivity contribution in [1.82, 2.24) is 0 Å². The van der Waals surface area contributed by atoms with Gasteiger partial charge in [-0.3, -0.25) is 0 Å². The molecule has 0 saturated heterocycles. The Labute approximate surface area is 95.9 Å². The molecule has 0 atom stereocenters. The summed E-state index contributed by atoms with van der Waals surface area (Å²) in [6.07, 6.45) is 8.86. The lowest BCUT2D eigenvalue weighted by atomic mass is 9.90. The normalized spacial score (nSPS) is 15.6. The lowest BCUT2D eigenvalue weighted by Crippen LogP contribution is -2.03. The van der Waals surface area contributed by atoms with Crippen LogP contribution < -0.4 is 5.73 Å². The lowest BCUT2D eigenvalue weighted by Gasteiger charge is -2.17. The Balaban J connectivity index is 2.36. The van der Waals surface area contributed by atoms with Crippen LogP contribution in [0.5, 0.6) is 0 Å². The van der Waals surface area contributed by atoms with E-state index >= 15 is 0 Å². The predicted molar refractivity (Wildman–Crippen MR) is 66.2 cm³/mol. The first kappa shape index (κ1) is 10.7. The quantitative estimate of drug-likeness (QED) is 0.816. The van der Waals surface area contributed by atoms with Crippen LogP contribution in [0.1, 0.15) is 29.5 Å². The Hall–Kier alpha value is -0.790. The lowest BCUT2D eigenvalue weighted by molar-refractivity contribution is 0.685. The van der Waals surface area contributed by atoms with Crippen molar-refractivity contribution in [3.63, 3.8) is 0 Å². The van der Waals surface area contributed by atoms with E-state index in [1.807, 2.05) is 18.2 Å². The summed E-state index contributed by atoms with van der Waals surface area (Å²) in [5.41, 5.74) is 9.38. The molecule has 0 fully saturated rings. The molecular weight excluding hydrogens is 206 g/mol. The molecule has 0 heterocycles. The van der Waals surface area contributed by atoms with E-state index in [9.17, 15) is 0 Å². The van der Waals surface area contributed by atoms with E-state index in [1.54, 1.807) is 0 Å². The van der Waals surface area contributed by atoms with Crippen molar-refractivity contribution in [3.05, 3.63) is 39.9 Å². The van der Waals surface area contributed by atoms with Crippen LogP contribution in [0.15, 0.2) is 18.2 Å². The number of nitrogens with two attached hydrogens (primary N) is 1. The van der Waals surface area contributed by atoms with Crippen molar-refractivity contribution in [2.24, 2.45) is 5.73 Å². The van der Waals surface area contributed by atoms with Gasteiger partial charge in [0.1, 0.15) is 0 Å². The third-order valence-corrected chi connectivity index (χ3v) is 3.22. The molecule has 0 aliphatic heterocycles.